The van der Waals surface area contributed by atoms with Gasteiger partial charge in [-0.25, -0.2) is 0 Å². The van der Waals surface area contributed by atoms with Crippen molar-refractivity contribution >= 4 is 15.2 Å². The van der Waals surface area contributed by atoms with Crippen molar-refractivity contribution in [3.63, 3.8) is 0 Å². The highest BCUT2D eigenvalue weighted by molar-refractivity contribution is 7.72. The lowest BCUT2D eigenvalue weighted by atomic mass is 10.3. The Morgan fingerprint density at radius 3 is 2.11 bits per heavy atom. The van der Waals surface area contributed by atoms with E-state index in [-0.39, 0.29) is 11.3 Å². The molecule has 0 heterocycles. The molecule has 5 heteroatoms. The van der Waals surface area contributed by atoms with E-state index in [1.165, 1.54) is 6.92 Å². The maximum absolute atomic E-state index is 9.98. The highest BCUT2D eigenvalue weighted by Crippen LogP contribution is 1.86. The molecule has 9 heavy (non-hydrogen) atoms. The van der Waals surface area contributed by atoms with E-state index in [1.807, 2.05) is 0 Å². The minimum absolute atomic E-state index is 0.0463. The Labute approximate surface area is 54.3 Å². The van der Waals surface area contributed by atoms with Gasteiger partial charge in [0.05, 0.1) is 4.86 Å². The Hall–Kier alpha value is -0.390. The van der Waals surface area contributed by atoms with E-state index in [0.717, 1.165) is 0 Å². The summed E-state index contributed by atoms with van der Waals surface area (Å²) < 4.78 is 20.0. The minimum atomic E-state index is -2.28. The number of aliphatic hydroxyl groups is 2. The van der Waals surface area contributed by atoms with Crippen molar-refractivity contribution in [3.05, 3.63) is 0 Å². The van der Waals surface area contributed by atoms with Gasteiger partial charge in [-0.2, -0.15) is 8.42 Å². The Balaban J connectivity index is 4.10. The van der Waals surface area contributed by atoms with Crippen LogP contribution in [0.3, 0.4) is 0 Å². The maximum atomic E-state index is 9.98. The third-order valence-corrected chi connectivity index (χ3v) is 1.49. The first-order chi connectivity index (χ1) is 4.04. The monoisotopic (exact) mass is 152 g/mol. The summed E-state index contributed by atoms with van der Waals surface area (Å²) in [5, 5.41) is 16.5. The predicted octanol–water partition coefficient (Wildman–Crippen LogP) is -1.24. The molecule has 54 valence electrons. The number of hydrogen-bond donors (Lipinski definition) is 2. The zero-order valence-electron chi connectivity index (χ0n) is 4.90. The van der Waals surface area contributed by atoms with E-state index in [2.05, 4.69) is 0 Å². The van der Waals surface area contributed by atoms with Crippen molar-refractivity contribution < 1.29 is 18.6 Å². The quantitative estimate of drug-likeness (QED) is 0.383. The molecule has 0 amide bonds. The Bertz CT molecular complexity index is 193. The Morgan fingerprint density at radius 1 is 1.56 bits per heavy atom. The normalized spacial score (nSPS) is 9.78. The first kappa shape index (κ1) is 8.61. The first-order valence-corrected chi connectivity index (χ1v) is 3.39. The van der Waals surface area contributed by atoms with E-state index in [9.17, 15) is 8.42 Å². The van der Waals surface area contributed by atoms with Gasteiger partial charge >= 0.3 is 0 Å². The summed E-state index contributed by atoms with van der Waals surface area (Å²) in [6, 6.07) is 0. The number of rotatable bonds is 2. The second-order valence-corrected chi connectivity index (χ2v) is 2.79. The van der Waals surface area contributed by atoms with Gasteiger partial charge in [-0.3, -0.25) is 0 Å². The molecule has 0 aromatic carbocycles. The molecule has 0 aliphatic carbocycles. The first-order valence-electron chi connectivity index (χ1n) is 2.32. The van der Waals surface area contributed by atoms with Crippen LogP contribution in [0, 0.1) is 0 Å². The summed E-state index contributed by atoms with van der Waals surface area (Å²) in [6.07, 6.45) is -1.78. The number of hydrogen-bond acceptors (Lipinski definition) is 4. The Morgan fingerprint density at radius 2 is 2.00 bits per heavy atom. The second kappa shape index (κ2) is 3.60. The molecule has 0 aliphatic heterocycles. The van der Waals surface area contributed by atoms with Crippen molar-refractivity contribution in [2.24, 2.45) is 0 Å². The van der Waals surface area contributed by atoms with E-state index in [1.54, 1.807) is 0 Å². The van der Waals surface area contributed by atoms with E-state index >= 15 is 0 Å². The highest BCUT2D eigenvalue weighted by atomic mass is 32.2. The van der Waals surface area contributed by atoms with Crippen molar-refractivity contribution in [3.8, 4) is 0 Å². The van der Waals surface area contributed by atoms with Gasteiger partial charge in [0.1, 0.15) is 0 Å². The van der Waals surface area contributed by atoms with Gasteiger partial charge in [0.25, 0.3) is 0 Å². The zero-order chi connectivity index (χ0) is 7.44. The van der Waals surface area contributed by atoms with Crippen molar-refractivity contribution in [1.29, 1.82) is 0 Å². The predicted molar refractivity (Wildman–Crippen MR) is 32.4 cm³/mol. The molecule has 0 fully saturated rings. The molecule has 0 spiro atoms. The van der Waals surface area contributed by atoms with Gasteiger partial charge in [-0.1, -0.05) is 0 Å². The van der Waals surface area contributed by atoms with Crippen LogP contribution < -0.4 is 0 Å². The SMILES string of the molecule is CC(CC(O)O)=S(=O)=O. The van der Waals surface area contributed by atoms with E-state index in [4.69, 9.17) is 10.2 Å². The zero-order valence-corrected chi connectivity index (χ0v) is 5.72. The van der Waals surface area contributed by atoms with Crippen molar-refractivity contribution in [2.45, 2.75) is 19.6 Å². The summed E-state index contributed by atoms with van der Waals surface area (Å²) >= 11 is 0. The molecule has 0 saturated heterocycles. The van der Waals surface area contributed by atoms with Crippen molar-refractivity contribution in [2.75, 3.05) is 0 Å². The molecular weight excluding hydrogens is 144 g/mol. The van der Waals surface area contributed by atoms with Crippen molar-refractivity contribution in [1.82, 2.24) is 0 Å². The average molecular weight is 152 g/mol. The van der Waals surface area contributed by atoms with Crippen LogP contribution in [0.4, 0.5) is 0 Å². The summed E-state index contributed by atoms with van der Waals surface area (Å²) in [5.41, 5.74) is 0. The molecule has 0 unspecified atom stereocenters. The number of aliphatic hydroxyl groups excluding tert-OH is 1. The molecule has 0 aromatic rings. The van der Waals surface area contributed by atoms with Gasteiger partial charge in [0.2, 0.25) is 10.3 Å². The summed E-state index contributed by atoms with van der Waals surface area (Å²) in [6.45, 7) is 1.32. The molecule has 4 nitrogen and oxygen atoms in total. The van der Waals surface area contributed by atoms with Crippen LogP contribution in [0.1, 0.15) is 13.3 Å². The molecular formula is C4H8O4S. The topological polar surface area (TPSA) is 74.6 Å². The lowest BCUT2D eigenvalue weighted by Gasteiger charge is -1.96. The fraction of sp³-hybridized carbons (Fsp3) is 0.750. The summed E-state index contributed by atoms with van der Waals surface area (Å²) in [4.78, 5) is 0.0463. The summed E-state index contributed by atoms with van der Waals surface area (Å²) in [7, 11) is -2.28. The third-order valence-electron chi connectivity index (χ3n) is 0.755. The molecule has 0 atom stereocenters. The van der Waals surface area contributed by atoms with Crippen LogP contribution in [0.25, 0.3) is 0 Å². The Kier molecular flexibility index (Phi) is 3.44. The summed E-state index contributed by atoms with van der Waals surface area (Å²) in [5.74, 6) is 0. The molecule has 0 aromatic heterocycles. The van der Waals surface area contributed by atoms with Crippen LogP contribution >= 0.6 is 0 Å². The smallest absolute Gasteiger partial charge is 0.213 e. The van der Waals surface area contributed by atoms with Crippen LogP contribution in [0.5, 0.6) is 0 Å². The standard InChI is InChI=1S/C4H8O4S/c1-3(9(7)8)2-4(5)6/h4-6H,2H2,1H3. The highest BCUT2D eigenvalue weighted by Gasteiger charge is 1.99. The lowest BCUT2D eigenvalue weighted by Crippen LogP contribution is -2.09. The van der Waals surface area contributed by atoms with E-state index < -0.39 is 16.6 Å². The molecule has 0 bridgehead atoms. The molecule has 0 rings (SSSR count). The van der Waals surface area contributed by atoms with Crippen LogP contribution in [-0.4, -0.2) is 29.8 Å². The van der Waals surface area contributed by atoms with Gasteiger partial charge in [-0.15, -0.1) is 0 Å². The van der Waals surface area contributed by atoms with Crippen LogP contribution in [0.2, 0.25) is 0 Å². The van der Waals surface area contributed by atoms with Crippen LogP contribution in [0.15, 0.2) is 0 Å². The van der Waals surface area contributed by atoms with E-state index in [0.29, 0.717) is 0 Å². The van der Waals surface area contributed by atoms with Crippen LogP contribution in [-0.2, 0) is 10.3 Å². The maximum Gasteiger partial charge on any atom is 0.213 e. The fourth-order valence-electron chi connectivity index (χ4n) is 0.325. The lowest BCUT2D eigenvalue weighted by molar-refractivity contribution is -0.0323. The molecule has 0 saturated carbocycles. The second-order valence-electron chi connectivity index (χ2n) is 1.62. The largest absolute Gasteiger partial charge is 0.368 e. The molecule has 2 N–H and O–H groups in total. The van der Waals surface area contributed by atoms with Gasteiger partial charge in [0, 0.05) is 6.42 Å². The van der Waals surface area contributed by atoms with Gasteiger partial charge < -0.3 is 10.2 Å². The average Bonchev–Trinajstić information content (AvgIpc) is 1.63. The van der Waals surface area contributed by atoms with Gasteiger partial charge in [0.15, 0.2) is 6.29 Å². The van der Waals surface area contributed by atoms with Gasteiger partial charge in [-0.05, 0) is 6.92 Å². The fourth-order valence-corrected chi connectivity index (χ4v) is 0.610. The third kappa shape index (κ3) is 4.14. The molecule has 0 aliphatic rings. The minimum Gasteiger partial charge on any atom is -0.368 e. The molecule has 0 radical (unpaired) electrons.